The molecule has 0 unspecified atom stereocenters. The average molecular weight is 592 g/mol. The fourth-order valence-corrected chi connectivity index (χ4v) is 4.27. The van der Waals surface area contributed by atoms with Crippen molar-refractivity contribution in [2.75, 3.05) is 6.61 Å². The molecule has 2 aromatic heterocycles. The molecule has 0 aliphatic rings. The van der Waals surface area contributed by atoms with Gasteiger partial charge < -0.3 is 9.47 Å². The van der Waals surface area contributed by atoms with Crippen LogP contribution in [0.25, 0.3) is 10.9 Å². The molecule has 2 aromatic carbocycles. The summed E-state index contributed by atoms with van der Waals surface area (Å²) in [6.07, 6.45) is 6.25. The third-order valence-electron chi connectivity index (χ3n) is 5.63. The Morgan fingerprint density at radius 1 is 1.21 bits per heavy atom. The minimum Gasteiger partial charge on any atom is -0.490 e. The van der Waals surface area contributed by atoms with Gasteiger partial charge in [0.25, 0.3) is 11.2 Å². The number of benzene rings is 2. The van der Waals surface area contributed by atoms with E-state index in [2.05, 4.69) is 37.6 Å². The zero-order valence-electron chi connectivity index (χ0n) is 21.5. The zero-order valence-corrected chi connectivity index (χ0v) is 23.1. The second kappa shape index (κ2) is 12.4. The number of aryl methyl sites for hydroxylation is 1. The number of hydrogen-bond acceptors (Lipinski definition) is 8. The number of allylic oxidation sites excluding steroid dienone is 1. The number of pyridine rings is 1. The van der Waals surface area contributed by atoms with Crippen molar-refractivity contribution in [2.45, 2.75) is 33.1 Å². The molecule has 0 amide bonds. The van der Waals surface area contributed by atoms with E-state index in [-0.39, 0.29) is 17.1 Å². The number of ether oxygens (including phenoxy) is 2. The lowest BCUT2D eigenvalue weighted by Crippen LogP contribution is -2.22. The monoisotopic (exact) mass is 591 g/mol. The largest absolute Gasteiger partial charge is 0.490 e. The number of aromatic nitrogens is 3. The van der Waals surface area contributed by atoms with Crippen LogP contribution in [0, 0.1) is 10.1 Å². The SMILES string of the molecule is C=CCc1cc(C=Nn2c(CCC)nc3ccc(Br)cc3c2=O)cc(OCC)c1Oc1ccc([N+](=O)[O-])cn1. The summed E-state index contributed by atoms with van der Waals surface area (Å²) in [4.78, 5) is 32.5. The zero-order chi connectivity index (χ0) is 27.9. The van der Waals surface area contributed by atoms with Crippen molar-refractivity contribution < 1.29 is 14.4 Å². The molecule has 0 aliphatic heterocycles. The molecule has 0 spiro atoms. The molecule has 0 N–H and O–H groups in total. The van der Waals surface area contributed by atoms with Gasteiger partial charge in [-0.25, -0.2) is 9.97 Å². The first-order valence-electron chi connectivity index (χ1n) is 12.3. The molecule has 0 atom stereocenters. The lowest BCUT2D eigenvalue weighted by molar-refractivity contribution is -0.385. The van der Waals surface area contributed by atoms with E-state index in [9.17, 15) is 14.9 Å². The standard InChI is InChI=1S/C28H26BrN5O5/c1-4-7-19-13-18(14-24(38-6-3)27(19)39-26-12-10-21(17-30-26)34(36)37)16-31-33-25(8-5-2)32-23-11-9-20(29)15-22(23)28(33)35/h4,9-17H,1,5-8H2,2-3H3. The van der Waals surface area contributed by atoms with E-state index in [0.717, 1.165) is 22.7 Å². The van der Waals surface area contributed by atoms with Gasteiger partial charge in [-0.15, -0.1) is 6.58 Å². The highest BCUT2D eigenvalue weighted by Gasteiger charge is 2.16. The highest BCUT2D eigenvalue weighted by atomic mass is 79.9. The van der Waals surface area contributed by atoms with Gasteiger partial charge in [-0.2, -0.15) is 9.78 Å². The molecule has 0 aliphatic carbocycles. The van der Waals surface area contributed by atoms with Gasteiger partial charge in [-0.05, 0) is 55.7 Å². The number of fused-ring (bicyclic) bond motifs is 1. The summed E-state index contributed by atoms with van der Waals surface area (Å²) in [5.41, 5.74) is 1.62. The van der Waals surface area contributed by atoms with Gasteiger partial charge in [0.15, 0.2) is 11.5 Å². The van der Waals surface area contributed by atoms with Crippen molar-refractivity contribution in [2.24, 2.45) is 5.10 Å². The highest BCUT2D eigenvalue weighted by molar-refractivity contribution is 9.10. The first-order valence-corrected chi connectivity index (χ1v) is 13.1. The van der Waals surface area contributed by atoms with E-state index in [1.54, 1.807) is 24.4 Å². The van der Waals surface area contributed by atoms with Crippen LogP contribution in [0.15, 0.2) is 75.7 Å². The molecule has 4 aromatic rings. The second-order valence-electron chi connectivity index (χ2n) is 8.45. The molecule has 11 heteroatoms. The molecule has 4 rings (SSSR count). The second-order valence-corrected chi connectivity index (χ2v) is 9.36. The van der Waals surface area contributed by atoms with Crippen molar-refractivity contribution in [3.05, 3.63) is 103 Å². The van der Waals surface area contributed by atoms with Crippen LogP contribution >= 0.6 is 15.9 Å². The summed E-state index contributed by atoms with van der Waals surface area (Å²) in [5.74, 6) is 1.59. The topological polar surface area (TPSA) is 122 Å². The minimum atomic E-state index is -0.527. The molecule has 0 saturated heterocycles. The van der Waals surface area contributed by atoms with E-state index in [0.29, 0.717) is 53.2 Å². The maximum absolute atomic E-state index is 13.3. The summed E-state index contributed by atoms with van der Waals surface area (Å²) < 4.78 is 14.0. The third-order valence-corrected chi connectivity index (χ3v) is 6.12. The van der Waals surface area contributed by atoms with E-state index >= 15 is 0 Å². The summed E-state index contributed by atoms with van der Waals surface area (Å²) in [6, 6.07) is 11.7. The Hall–Kier alpha value is -4.38. The molecule has 0 fully saturated rings. The summed E-state index contributed by atoms with van der Waals surface area (Å²) in [7, 11) is 0. The van der Waals surface area contributed by atoms with Crippen LogP contribution in [0.4, 0.5) is 5.69 Å². The van der Waals surface area contributed by atoms with E-state index in [1.807, 2.05) is 32.0 Å². The van der Waals surface area contributed by atoms with Gasteiger partial charge in [0, 0.05) is 28.6 Å². The number of halogens is 1. The molecule has 200 valence electrons. The highest BCUT2D eigenvalue weighted by Crippen LogP contribution is 2.36. The van der Waals surface area contributed by atoms with Crippen LogP contribution < -0.4 is 15.0 Å². The normalized spacial score (nSPS) is 11.2. The smallest absolute Gasteiger partial charge is 0.287 e. The lowest BCUT2D eigenvalue weighted by atomic mass is 10.1. The number of hydrogen-bond donors (Lipinski definition) is 0. The first-order chi connectivity index (χ1) is 18.8. The molecule has 0 bridgehead atoms. The van der Waals surface area contributed by atoms with Crippen molar-refractivity contribution in [3.63, 3.8) is 0 Å². The molecule has 2 heterocycles. The number of nitrogens with zero attached hydrogens (tertiary/aromatic N) is 5. The fraction of sp³-hybridized carbons (Fsp3) is 0.214. The van der Waals surface area contributed by atoms with Crippen LogP contribution in [0.1, 0.15) is 37.2 Å². The Bertz CT molecular complexity index is 1620. The summed E-state index contributed by atoms with van der Waals surface area (Å²) >= 11 is 3.42. The third kappa shape index (κ3) is 6.37. The van der Waals surface area contributed by atoms with Crippen LogP contribution in [-0.4, -0.2) is 32.4 Å². The molecular weight excluding hydrogens is 566 g/mol. The predicted molar refractivity (Wildman–Crippen MR) is 153 cm³/mol. The van der Waals surface area contributed by atoms with Gasteiger partial charge in [0.05, 0.1) is 28.6 Å². The first kappa shape index (κ1) is 27.6. The van der Waals surface area contributed by atoms with Crippen LogP contribution in [0.2, 0.25) is 0 Å². The average Bonchev–Trinajstić information content (AvgIpc) is 2.91. The van der Waals surface area contributed by atoms with Gasteiger partial charge in [-0.3, -0.25) is 14.9 Å². The number of nitro groups is 1. The van der Waals surface area contributed by atoms with Gasteiger partial charge in [0.2, 0.25) is 5.88 Å². The Kier molecular flexibility index (Phi) is 8.82. The summed E-state index contributed by atoms with van der Waals surface area (Å²) in [5, 5.41) is 15.9. The van der Waals surface area contributed by atoms with Gasteiger partial charge in [0.1, 0.15) is 12.0 Å². The quantitative estimate of drug-likeness (QED) is 0.0878. The predicted octanol–water partition coefficient (Wildman–Crippen LogP) is 6.22. The molecule has 0 saturated carbocycles. The van der Waals surface area contributed by atoms with Gasteiger partial charge >= 0.3 is 0 Å². The van der Waals surface area contributed by atoms with E-state index in [4.69, 9.17) is 9.47 Å². The lowest BCUT2D eigenvalue weighted by Gasteiger charge is -2.16. The van der Waals surface area contributed by atoms with E-state index in [1.165, 1.54) is 16.8 Å². The van der Waals surface area contributed by atoms with Crippen molar-refractivity contribution >= 4 is 38.7 Å². The van der Waals surface area contributed by atoms with Crippen molar-refractivity contribution in [1.29, 1.82) is 0 Å². The van der Waals surface area contributed by atoms with Crippen molar-refractivity contribution in [3.8, 4) is 17.4 Å². The van der Waals surface area contributed by atoms with Crippen molar-refractivity contribution in [1.82, 2.24) is 14.6 Å². The molecule has 10 nitrogen and oxygen atoms in total. The van der Waals surface area contributed by atoms with Crippen LogP contribution in [0.5, 0.6) is 17.4 Å². The Morgan fingerprint density at radius 2 is 2.03 bits per heavy atom. The van der Waals surface area contributed by atoms with Crippen LogP contribution in [0.3, 0.4) is 0 Å². The minimum absolute atomic E-state index is 0.140. The summed E-state index contributed by atoms with van der Waals surface area (Å²) in [6.45, 7) is 8.06. The molecular formula is C28H26BrN5O5. The maximum Gasteiger partial charge on any atom is 0.287 e. The Labute approximate surface area is 232 Å². The van der Waals surface area contributed by atoms with Gasteiger partial charge in [-0.1, -0.05) is 28.9 Å². The van der Waals surface area contributed by atoms with Crippen LogP contribution in [-0.2, 0) is 12.8 Å². The van der Waals surface area contributed by atoms with E-state index < -0.39 is 4.92 Å². The molecule has 39 heavy (non-hydrogen) atoms. The Balaban J connectivity index is 1.77. The Morgan fingerprint density at radius 3 is 2.69 bits per heavy atom. The number of rotatable bonds is 11. The molecule has 0 radical (unpaired) electrons. The fourth-order valence-electron chi connectivity index (χ4n) is 3.91. The maximum atomic E-state index is 13.3.